The first-order chi connectivity index (χ1) is 12.0. The van der Waals surface area contributed by atoms with Gasteiger partial charge in [-0.3, -0.25) is 9.59 Å². The first-order valence-electron chi connectivity index (χ1n) is 10.2. The molecule has 0 bridgehead atoms. The van der Waals surface area contributed by atoms with Crippen LogP contribution in [0.25, 0.3) is 0 Å². The zero-order chi connectivity index (χ0) is 18.9. The lowest BCUT2D eigenvalue weighted by Gasteiger charge is -2.20. The van der Waals surface area contributed by atoms with Crippen molar-refractivity contribution >= 4 is 11.9 Å². The zero-order valence-corrected chi connectivity index (χ0v) is 16.3. The zero-order valence-electron chi connectivity index (χ0n) is 16.3. The van der Waals surface area contributed by atoms with Crippen LogP contribution in [0.15, 0.2) is 0 Å². The fraction of sp³-hybridized carbons (Fsp3) is 0.900. The number of nitrogens with one attached hydrogen (secondary N) is 1. The molecule has 0 radical (unpaired) electrons. The molecular weight excluding hydrogens is 318 g/mol. The molecule has 1 unspecified atom stereocenters. The molecule has 0 heterocycles. The molecule has 0 fully saturated rings. The fourth-order valence-corrected chi connectivity index (χ4v) is 2.94. The smallest absolute Gasteiger partial charge is 0.303 e. The molecule has 2 atom stereocenters. The first-order valence-corrected chi connectivity index (χ1v) is 10.2. The quantitative estimate of drug-likeness (QED) is 0.336. The van der Waals surface area contributed by atoms with Crippen molar-refractivity contribution < 1.29 is 19.8 Å². The lowest BCUT2D eigenvalue weighted by atomic mass is 10.0. The molecule has 0 aliphatic heterocycles. The molecular formula is C20H39NO4. The monoisotopic (exact) mass is 357 g/mol. The highest BCUT2D eigenvalue weighted by Gasteiger charge is 2.19. The molecule has 0 saturated heterocycles. The Kier molecular flexibility index (Phi) is 15.7. The molecule has 3 N–H and O–H groups in total. The minimum atomic E-state index is -0.978. The number of carboxylic acids is 1. The molecule has 0 aromatic rings. The fourth-order valence-electron chi connectivity index (χ4n) is 2.94. The summed E-state index contributed by atoms with van der Waals surface area (Å²) in [5, 5.41) is 21.6. The summed E-state index contributed by atoms with van der Waals surface area (Å²) in [6.45, 7) is 4.27. The largest absolute Gasteiger partial charge is 0.481 e. The Balaban J connectivity index is 3.92. The highest BCUT2D eigenvalue weighted by atomic mass is 16.4. The number of aliphatic carboxylic acids is 1. The SMILES string of the molecule is CCCCCCCCCCC(O)C(=O)N[C@@H](CCCC)CCC(=O)O. The van der Waals surface area contributed by atoms with E-state index >= 15 is 0 Å². The summed E-state index contributed by atoms with van der Waals surface area (Å²) < 4.78 is 0. The van der Waals surface area contributed by atoms with Gasteiger partial charge in [-0.15, -0.1) is 0 Å². The Morgan fingerprint density at radius 2 is 1.36 bits per heavy atom. The second-order valence-corrected chi connectivity index (χ2v) is 7.06. The van der Waals surface area contributed by atoms with Crippen molar-refractivity contribution in [3.05, 3.63) is 0 Å². The van der Waals surface area contributed by atoms with Crippen LogP contribution in [-0.2, 0) is 9.59 Å². The number of carbonyl (C=O) groups is 2. The van der Waals surface area contributed by atoms with Crippen LogP contribution < -0.4 is 5.32 Å². The number of hydrogen-bond acceptors (Lipinski definition) is 3. The third-order valence-corrected chi connectivity index (χ3v) is 4.59. The van der Waals surface area contributed by atoms with E-state index in [1.54, 1.807) is 0 Å². The number of carbonyl (C=O) groups excluding carboxylic acids is 1. The third kappa shape index (κ3) is 14.9. The second-order valence-electron chi connectivity index (χ2n) is 7.06. The van der Waals surface area contributed by atoms with Gasteiger partial charge in [-0.2, -0.15) is 0 Å². The molecule has 1 amide bonds. The number of aliphatic hydroxyl groups excluding tert-OH is 1. The molecule has 0 saturated carbocycles. The Morgan fingerprint density at radius 1 is 0.800 bits per heavy atom. The lowest BCUT2D eigenvalue weighted by Crippen LogP contribution is -2.41. The molecule has 148 valence electrons. The maximum absolute atomic E-state index is 12.1. The molecule has 0 aromatic carbocycles. The first kappa shape index (κ1) is 23.9. The molecule has 0 aromatic heterocycles. The van der Waals surface area contributed by atoms with E-state index in [0.717, 1.165) is 38.5 Å². The standard InChI is InChI=1S/C20H39NO4/c1-3-5-7-8-9-10-11-12-14-18(22)20(25)21-17(13-6-4-2)15-16-19(23)24/h17-18,22H,3-16H2,1-2H3,(H,21,25)(H,23,24)/t17-,18?/m0/s1. The van der Waals surface area contributed by atoms with Gasteiger partial charge >= 0.3 is 5.97 Å². The van der Waals surface area contributed by atoms with Crippen molar-refractivity contribution in [2.24, 2.45) is 0 Å². The predicted molar refractivity (Wildman–Crippen MR) is 102 cm³/mol. The van der Waals surface area contributed by atoms with E-state index in [4.69, 9.17) is 5.11 Å². The molecule has 0 spiro atoms. The number of unbranched alkanes of at least 4 members (excludes halogenated alkanes) is 8. The van der Waals surface area contributed by atoms with Crippen LogP contribution in [0, 0.1) is 0 Å². The summed E-state index contributed by atoms with van der Waals surface area (Å²) in [6.07, 6.45) is 12.1. The summed E-state index contributed by atoms with van der Waals surface area (Å²) in [5.41, 5.74) is 0. The summed E-state index contributed by atoms with van der Waals surface area (Å²) in [6, 6.07) is -0.156. The van der Waals surface area contributed by atoms with Gasteiger partial charge < -0.3 is 15.5 Å². The Hall–Kier alpha value is -1.10. The number of aliphatic hydroxyl groups is 1. The van der Waals surface area contributed by atoms with E-state index in [0.29, 0.717) is 12.8 Å². The average Bonchev–Trinajstić information content (AvgIpc) is 2.59. The maximum atomic E-state index is 12.1. The molecule has 5 nitrogen and oxygen atoms in total. The van der Waals surface area contributed by atoms with Crippen LogP contribution in [0.3, 0.4) is 0 Å². The van der Waals surface area contributed by atoms with Crippen LogP contribution in [0.1, 0.15) is 104 Å². The number of amides is 1. The topological polar surface area (TPSA) is 86.6 Å². The minimum Gasteiger partial charge on any atom is -0.481 e. The normalized spacial score (nSPS) is 13.4. The van der Waals surface area contributed by atoms with E-state index in [2.05, 4.69) is 19.2 Å². The van der Waals surface area contributed by atoms with Crippen LogP contribution >= 0.6 is 0 Å². The molecule has 0 aliphatic carbocycles. The van der Waals surface area contributed by atoms with E-state index in [-0.39, 0.29) is 18.4 Å². The number of carboxylic acid groups (broad SMARTS) is 1. The van der Waals surface area contributed by atoms with Crippen LogP contribution in [-0.4, -0.2) is 34.2 Å². The summed E-state index contributed by atoms with van der Waals surface area (Å²) in [4.78, 5) is 22.8. The Morgan fingerprint density at radius 3 is 1.92 bits per heavy atom. The van der Waals surface area contributed by atoms with Gasteiger partial charge in [0.2, 0.25) is 5.91 Å². The third-order valence-electron chi connectivity index (χ3n) is 4.59. The molecule has 0 rings (SSSR count). The molecule has 25 heavy (non-hydrogen) atoms. The van der Waals surface area contributed by atoms with Gasteiger partial charge in [0.05, 0.1) is 0 Å². The van der Waals surface area contributed by atoms with Crippen LogP contribution in [0.4, 0.5) is 0 Å². The van der Waals surface area contributed by atoms with Gasteiger partial charge in [0, 0.05) is 12.5 Å². The molecule has 5 heteroatoms. The van der Waals surface area contributed by atoms with E-state index in [9.17, 15) is 14.7 Å². The van der Waals surface area contributed by atoms with Gasteiger partial charge in [0.1, 0.15) is 6.10 Å². The van der Waals surface area contributed by atoms with Crippen molar-refractivity contribution in [1.82, 2.24) is 5.32 Å². The van der Waals surface area contributed by atoms with Gasteiger partial charge in [-0.25, -0.2) is 0 Å². The van der Waals surface area contributed by atoms with E-state index in [1.165, 1.54) is 32.1 Å². The highest BCUT2D eigenvalue weighted by Crippen LogP contribution is 2.12. The number of rotatable bonds is 17. The van der Waals surface area contributed by atoms with E-state index < -0.39 is 12.1 Å². The minimum absolute atomic E-state index is 0.0444. The lowest BCUT2D eigenvalue weighted by molar-refractivity contribution is -0.138. The summed E-state index contributed by atoms with van der Waals surface area (Å²) in [5.74, 6) is -1.20. The van der Waals surface area contributed by atoms with Gasteiger partial charge in [-0.05, 0) is 19.3 Å². The summed E-state index contributed by atoms with van der Waals surface area (Å²) >= 11 is 0. The van der Waals surface area contributed by atoms with Gasteiger partial charge in [-0.1, -0.05) is 78.1 Å². The average molecular weight is 358 g/mol. The summed E-state index contributed by atoms with van der Waals surface area (Å²) in [7, 11) is 0. The van der Waals surface area contributed by atoms with Crippen molar-refractivity contribution in [3.63, 3.8) is 0 Å². The van der Waals surface area contributed by atoms with Crippen LogP contribution in [0.5, 0.6) is 0 Å². The van der Waals surface area contributed by atoms with Crippen molar-refractivity contribution in [2.75, 3.05) is 0 Å². The Labute approximate surface area is 153 Å². The highest BCUT2D eigenvalue weighted by molar-refractivity contribution is 5.80. The van der Waals surface area contributed by atoms with Crippen molar-refractivity contribution in [3.8, 4) is 0 Å². The van der Waals surface area contributed by atoms with Crippen molar-refractivity contribution in [1.29, 1.82) is 0 Å². The number of hydrogen-bond donors (Lipinski definition) is 3. The van der Waals surface area contributed by atoms with Gasteiger partial charge in [0.15, 0.2) is 0 Å². The maximum Gasteiger partial charge on any atom is 0.303 e. The second kappa shape index (κ2) is 16.4. The van der Waals surface area contributed by atoms with E-state index in [1.807, 2.05) is 0 Å². The molecule has 0 aliphatic rings. The Bertz CT molecular complexity index is 347. The predicted octanol–water partition coefficient (Wildman–Crippen LogP) is 4.42. The van der Waals surface area contributed by atoms with Crippen molar-refractivity contribution in [2.45, 2.75) is 116 Å². The van der Waals surface area contributed by atoms with Crippen LogP contribution in [0.2, 0.25) is 0 Å². The van der Waals surface area contributed by atoms with Gasteiger partial charge in [0.25, 0.3) is 0 Å².